The number of halogens is 1. The van der Waals surface area contributed by atoms with Gasteiger partial charge in [0.25, 0.3) is 0 Å². The molecule has 36 heavy (non-hydrogen) atoms. The number of pyridine rings is 1. The Morgan fingerprint density at radius 1 is 0.889 bits per heavy atom. The Balaban J connectivity index is 1.53. The average Bonchev–Trinajstić information content (AvgIpc) is 3.27. The Hall–Kier alpha value is -4.10. The Bertz CT molecular complexity index is 1480. The number of imidazole rings is 1. The zero-order valence-corrected chi connectivity index (χ0v) is 20.6. The molecule has 0 saturated carbocycles. The van der Waals surface area contributed by atoms with E-state index >= 15 is 0 Å². The fraction of sp³-hybridized carbons (Fsp3) is 0.207. The number of aryl methyl sites for hydroxylation is 2. The van der Waals surface area contributed by atoms with Gasteiger partial charge in [0.1, 0.15) is 23.0 Å². The predicted octanol–water partition coefficient (Wildman–Crippen LogP) is 5.45. The molecule has 3 heterocycles. The predicted molar refractivity (Wildman–Crippen MR) is 139 cm³/mol. The van der Waals surface area contributed by atoms with E-state index in [0.29, 0.717) is 6.42 Å². The fourth-order valence-corrected chi connectivity index (χ4v) is 4.30. The maximum absolute atomic E-state index is 13.7. The van der Waals surface area contributed by atoms with Crippen LogP contribution in [0.2, 0.25) is 0 Å². The number of aromatic nitrogens is 4. The van der Waals surface area contributed by atoms with Crippen molar-refractivity contribution in [3.05, 3.63) is 102 Å². The van der Waals surface area contributed by atoms with Crippen LogP contribution in [0.3, 0.4) is 0 Å². The van der Waals surface area contributed by atoms with Crippen molar-refractivity contribution in [3.8, 4) is 28.4 Å². The summed E-state index contributed by atoms with van der Waals surface area (Å²) in [7, 11) is 5.75. The monoisotopic (exact) mass is 481 g/mol. The molecule has 0 amide bonds. The third-order valence-electron chi connectivity index (χ3n) is 6.05. The van der Waals surface area contributed by atoms with Gasteiger partial charge in [-0.3, -0.25) is 4.40 Å². The van der Waals surface area contributed by atoms with Crippen molar-refractivity contribution < 1.29 is 9.13 Å². The Morgan fingerprint density at radius 2 is 1.67 bits per heavy atom. The molecule has 0 bridgehead atoms. The summed E-state index contributed by atoms with van der Waals surface area (Å²) < 4.78 is 21.0. The number of nitrogens with zero attached hydrogens (tertiary/aromatic N) is 5. The second kappa shape index (κ2) is 10.3. The van der Waals surface area contributed by atoms with Crippen molar-refractivity contribution in [2.75, 3.05) is 21.2 Å². The normalized spacial score (nSPS) is 11.4. The molecule has 2 aromatic carbocycles. The molecule has 0 spiro atoms. The van der Waals surface area contributed by atoms with Crippen molar-refractivity contribution in [1.82, 2.24) is 24.3 Å². The molecule has 5 aromatic rings. The molecule has 0 atom stereocenters. The summed E-state index contributed by atoms with van der Waals surface area (Å²) in [6.07, 6.45) is 5.34. The number of rotatable bonds is 8. The zero-order valence-electron chi connectivity index (χ0n) is 20.6. The van der Waals surface area contributed by atoms with Crippen LogP contribution in [0.15, 0.2) is 79.1 Å². The number of hydrogen-bond donors (Lipinski definition) is 0. The Labute approximate surface area is 210 Å². The maximum Gasteiger partial charge on any atom is 0.138 e. The van der Waals surface area contributed by atoms with Gasteiger partial charge in [-0.1, -0.05) is 12.1 Å². The van der Waals surface area contributed by atoms with Gasteiger partial charge in [0, 0.05) is 30.9 Å². The molecule has 0 unspecified atom stereocenters. The highest BCUT2D eigenvalue weighted by molar-refractivity contribution is 5.80. The zero-order chi connectivity index (χ0) is 25.1. The summed E-state index contributed by atoms with van der Waals surface area (Å²) in [6, 6.07) is 20.6. The summed E-state index contributed by atoms with van der Waals surface area (Å²) in [5, 5.41) is 0. The van der Waals surface area contributed by atoms with E-state index in [1.807, 2.05) is 42.9 Å². The lowest BCUT2D eigenvalue weighted by Gasteiger charge is -2.10. The minimum Gasteiger partial charge on any atom is -0.497 e. The van der Waals surface area contributed by atoms with Gasteiger partial charge in [-0.05, 0) is 86.2 Å². The van der Waals surface area contributed by atoms with Crippen molar-refractivity contribution in [2.45, 2.75) is 19.4 Å². The van der Waals surface area contributed by atoms with Gasteiger partial charge in [0.2, 0.25) is 0 Å². The summed E-state index contributed by atoms with van der Waals surface area (Å²) in [6.45, 7) is 0.813. The van der Waals surface area contributed by atoms with Gasteiger partial charge < -0.3 is 9.64 Å². The van der Waals surface area contributed by atoms with Crippen LogP contribution in [-0.4, -0.2) is 45.5 Å². The molecule has 0 aliphatic carbocycles. The lowest BCUT2D eigenvalue weighted by atomic mass is 10.1. The van der Waals surface area contributed by atoms with E-state index in [1.54, 1.807) is 25.4 Å². The lowest BCUT2D eigenvalue weighted by Crippen LogP contribution is -2.10. The van der Waals surface area contributed by atoms with Crippen molar-refractivity contribution in [2.24, 2.45) is 0 Å². The van der Waals surface area contributed by atoms with Gasteiger partial charge >= 0.3 is 0 Å². The van der Waals surface area contributed by atoms with Gasteiger partial charge in [0.15, 0.2) is 0 Å². The van der Waals surface area contributed by atoms with Gasteiger partial charge in [-0.25, -0.2) is 19.3 Å². The lowest BCUT2D eigenvalue weighted by molar-refractivity contribution is 0.402. The maximum atomic E-state index is 13.7. The number of hydrogen-bond acceptors (Lipinski definition) is 5. The van der Waals surface area contributed by atoms with Crippen LogP contribution in [0.5, 0.6) is 5.75 Å². The van der Waals surface area contributed by atoms with Crippen molar-refractivity contribution in [1.29, 1.82) is 0 Å². The smallest absolute Gasteiger partial charge is 0.138 e. The first-order valence-corrected chi connectivity index (χ1v) is 11.9. The first kappa shape index (κ1) is 23.6. The highest BCUT2D eigenvalue weighted by Gasteiger charge is 2.18. The molecule has 0 fully saturated rings. The van der Waals surface area contributed by atoms with E-state index < -0.39 is 0 Å². The quantitative estimate of drug-likeness (QED) is 0.295. The van der Waals surface area contributed by atoms with Crippen LogP contribution in [0.25, 0.3) is 28.3 Å². The number of fused-ring (bicyclic) bond motifs is 1. The first-order chi connectivity index (χ1) is 17.5. The molecule has 0 saturated heterocycles. The molecule has 0 radical (unpaired) electrons. The van der Waals surface area contributed by atoms with Crippen LogP contribution >= 0.6 is 0 Å². The summed E-state index contributed by atoms with van der Waals surface area (Å²) in [4.78, 5) is 16.5. The topological polar surface area (TPSA) is 55.6 Å². The molecule has 6 nitrogen and oxygen atoms in total. The van der Waals surface area contributed by atoms with E-state index in [-0.39, 0.29) is 5.82 Å². The van der Waals surface area contributed by atoms with Gasteiger partial charge in [-0.15, -0.1) is 0 Å². The van der Waals surface area contributed by atoms with Crippen molar-refractivity contribution in [3.63, 3.8) is 0 Å². The summed E-state index contributed by atoms with van der Waals surface area (Å²) in [5.41, 5.74) is 6.42. The number of methoxy groups -OCH3 is 1. The van der Waals surface area contributed by atoms with Crippen molar-refractivity contribution >= 4 is 5.65 Å². The van der Waals surface area contributed by atoms with E-state index in [4.69, 9.17) is 14.7 Å². The van der Waals surface area contributed by atoms with E-state index in [1.165, 1.54) is 17.7 Å². The van der Waals surface area contributed by atoms with Crippen LogP contribution < -0.4 is 4.74 Å². The standard InChI is InChI=1S/C29H28FN5O/c1-34(2)19-21-15-17-35-27(18-21)33-28(22-7-9-23(30)10-8-22)29(35)25-14-16-31-26(32-25)13-6-20-4-11-24(36-3)12-5-20/h4-5,7-12,14-18H,6,13,19H2,1-3H3. The second-order valence-corrected chi connectivity index (χ2v) is 9.02. The molecular formula is C29H28FN5O. The molecular weight excluding hydrogens is 453 g/mol. The third kappa shape index (κ3) is 5.11. The Morgan fingerprint density at radius 3 is 2.39 bits per heavy atom. The number of ether oxygens (including phenoxy) is 1. The first-order valence-electron chi connectivity index (χ1n) is 11.9. The van der Waals surface area contributed by atoms with Crippen LogP contribution in [0.4, 0.5) is 4.39 Å². The highest BCUT2D eigenvalue weighted by atomic mass is 19.1. The fourth-order valence-electron chi connectivity index (χ4n) is 4.30. The van der Waals surface area contributed by atoms with Crippen LogP contribution in [-0.2, 0) is 19.4 Å². The van der Waals surface area contributed by atoms with E-state index in [9.17, 15) is 4.39 Å². The minimum absolute atomic E-state index is 0.278. The van der Waals surface area contributed by atoms with Gasteiger partial charge in [-0.2, -0.15) is 0 Å². The third-order valence-corrected chi connectivity index (χ3v) is 6.05. The van der Waals surface area contributed by atoms with Gasteiger partial charge in [0.05, 0.1) is 24.2 Å². The van der Waals surface area contributed by atoms with E-state index in [2.05, 4.69) is 34.1 Å². The summed E-state index contributed by atoms with van der Waals surface area (Å²) in [5.74, 6) is 1.32. The molecule has 0 aliphatic rings. The second-order valence-electron chi connectivity index (χ2n) is 9.02. The number of benzene rings is 2. The molecule has 5 rings (SSSR count). The largest absolute Gasteiger partial charge is 0.497 e. The average molecular weight is 482 g/mol. The van der Waals surface area contributed by atoms with Crippen LogP contribution in [0, 0.1) is 5.82 Å². The summed E-state index contributed by atoms with van der Waals surface area (Å²) >= 11 is 0. The molecule has 182 valence electrons. The highest BCUT2D eigenvalue weighted by Crippen LogP contribution is 2.32. The molecule has 7 heteroatoms. The molecule has 0 aliphatic heterocycles. The molecule has 0 N–H and O–H groups in total. The minimum atomic E-state index is -0.278. The van der Waals surface area contributed by atoms with E-state index in [0.717, 1.165) is 58.4 Å². The van der Waals surface area contributed by atoms with Crippen LogP contribution in [0.1, 0.15) is 17.0 Å². The molecule has 3 aromatic heterocycles. The Kier molecular flexibility index (Phi) is 6.73. The SMILES string of the molecule is COc1ccc(CCc2nccc(-c3c(-c4ccc(F)cc4)nc4cc(CN(C)C)ccn34)n2)cc1.